The van der Waals surface area contributed by atoms with Crippen molar-refractivity contribution in [2.24, 2.45) is 5.16 Å². The molecule has 0 aliphatic rings. The molecule has 17 heavy (non-hydrogen) atoms. The Hall–Kier alpha value is -1.41. The number of oxime groups is 1. The summed E-state index contributed by atoms with van der Waals surface area (Å²) in [7, 11) is 0. The Kier molecular flexibility index (Phi) is 4.24. The molecule has 1 aromatic rings. The van der Waals surface area contributed by atoms with E-state index in [1.807, 2.05) is 0 Å². The van der Waals surface area contributed by atoms with E-state index in [2.05, 4.69) is 9.44 Å². The molecule has 1 rings (SSSR count). The van der Waals surface area contributed by atoms with Crippen LogP contribution in [0.15, 0.2) is 29.4 Å². The van der Waals surface area contributed by atoms with Gasteiger partial charge in [0.2, 0.25) is 0 Å². The van der Waals surface area contributed by atoms with E-state index in [4.69, 9.17) is 0 Å². The molecule has 8 heteroatoms. The highest BCUT2D eigenvalue weighted by Crippen LogP contribution is 2.23. The van der Waals surface area contributed by atoms with Crippen LogP contribution in [0.3, 0.4) is 0 Å². The number of hydrogen-bond donors (Lipinski definition) is 0. The van der Waals surface area contributed by atoms with Gasteiger partial charge in [-0.1, -0.05) is 35.0 Å². The normalized spacial score (nSPS) is 14.5. The minimum atomic E-state index is -4.80. The van der Waals surface area contributed by atoms with Gasteiger partial charge in [-0.05, 0) is 6.92 Å². The zero-order valence-corrected chi connectivity index (χ0v) is 9.34. The van der Waals surface area contributed by atoms with Gasteiger partial charge >= 0.3 is 6.18 Å². The summed E-state index contributed by atoms with van der Waals surface area (Å²) < 4.78 is 61.3. The van der Waals surface area contributed by atoms with Crippen LogP contribution in [-0.2, 0) is 15.6 Å². The van der Waals surface area contributed by atoms with Crippen molar-refractivity contribution in [2.45, 2.75) is 13.1 Å². The fourth-order valence-electron chi connectivity index (χ4n) is 1.05. The van der Waals surface area contributed by atoms with Crippen LogP contribution in [0, 0.1) is 6.92 Å². The maximum absolute atomic E-state index is 12.5. The molecular formula is C9H7F3NO3S-. The molecule has 1 aromatic carbocycles. The zero-order valence-electron chi connectivity index (χ0n) is 8.52. The van der Waals surface area contributed by atoms with Gasteiger partial charge in [0, 0.05) is 5.56 Å². The summed E-state index contributed by atoms with van der Waals surface area (Å²) in [5.41, 5.74) is -0.904. The summed E-state index contributed by atoms with van der Waals surface area (Å²) in [6.07, 6.45) is -4.80. The number of halogens is 3. The monoisotopic (exact) mass is 266 g/mol. The molecule has 0 radical (unpaired) electrons. The molecular weight excluding hydrogens is 259 g/mol. The maximum Gasteiger partial charge on any atom is 0.437 e. The average molecular weight is 266 g/mol. The van der Waals surface area contributed by atoms with E-state index in [1.54, 1.807) is 6.92 Å². The number of hydrogen-bond acceptors (Lipinski definition) is 4. The van der Waals surface area contributed by atoms with Gasteiger partial charge in [0.05, 0.1) is 0 Å². The molecule has 0 aliphatic carbocycles. The van der Waals surface area contributed by atoms with Gasteiger partial charge in [-0.15, -0.1) is 0 Å². The van der Waals surface area contributed by atoms with E-state index in [9.17, 15) is 21.9 Å². The molecule has 0 saturated heterocycles. The fourth-order valence-corrected chi connectivity index (χ4v) is 1.18. The molecule has 0 amide bonds. The third-order valence-electron chi connectivity index (χ3n) is 1.78. The summed E-state index contributed by atoms with van der Waals surface area (Å²) in [6.45, 7) is 1.71. The smallest absolute Gasteiger partial charge is 0.437 e. The van der Waals surface area contributed by atoms with E-state index < -0.39 is 23.2 Å². The largest absolute Gasteiger partial charge is 0.738 e. The number of aryl methyl sites for hydroxylation is 1. The van der Waals surface area contributed by atoms with Crippen LogP contribution in [0.2, 0.25) is 0 Å². The van der Waals surface area contributed by atoms with Crippen molar-refractivity contribution in [1.29, 1.82) is 0 Å². The molecule has 0 saturated carbocycles. The standard InChI is InChI=1S/C9H8F3NO3S/c1-6-2-4-7(5-3-6)8(9(10,11)12)13-16-17(14)15/h2-5H,1H3,(H,14,15)/p-1. The molecule has 4 nitrogen and oxygen atoms in total. The first kappa shape index (κ1) is 13.7. The van der Waals surface area contributed by atoms with Crippen LogP contribution in [0.25, 0.3) is 0 Å². The SMILES string of the molecule is Cc1ccc(C(=NOS(=O)[O-])C(F)(F)F)cc1. The molecule has 0 aromatic heterocycles. The van der Waals surface area contributed by atoms with Gasteiger partial charge in [-0.25, -0.2) is 4.21 Å². The van der Waals surface area contributed by atoms with Crippen molar-refractivity contribution in [3.8, 4) is 0 Å². The number of benzene rings is 1. The second-order valence-electron chi connectivity index (χ2n) is 3.08. The molecule has 0 spiro atoms. The fraction of sp³-hybridized carbons (Fsp3) is 0.222. The molecule has 0 fully saturated rings. The molecule has 1 atom stereocenters. The van der Waals surface area contributed by atoms with Gasteiger partial charge in [0.15, 0.2) is 17.1 Å². The van der Waals surface area contributed by atoms with E-state index in [-0.39, 0.29) is 5.56 Å². The Morgan fingerprint density at radius 1 is 1.35 bits per heavy atom. The van der Waals surface area contributed by atoms with Crippen LogP contribution in [0.4, 0.5) is 13.2 Å². The Morgan fingerprint density at radius 2 is 1.88 bits per heavy atom. The molecule has 1 unspecified atom stereocenters. The van der Waals surface area contributed by atoms with Crippen LogP contribution in [-0.4, -0.2) is 20.6 Å². The minimum Gasteiger partial charge on any atom is -0.738 e. The lowest BCUT2D eigenvalue weighted by molar-refractivity contribution is -0.0597. The summed E-state index contributed by atoms with van der Waals surface area (Å²) in [4.78, 5) is 0. The van der Waals surface area contributed by atoms with E-state index >= 15 is 0 Å². The summed E-state index contributed by atoms with van der Waals surface area (Å²) in [5, 5.41) is 2.57. The highest BCUT2D eigenvalue weighted by molar-refractivity contribution is 7.74. The lowest BCUT2D eigenvalue weighted by atomic mass is 10.1. The molecule has 0 aliphatic heterocycles. The van der Waals surface area contributed by atoms with E-state index in [1.165, 1.54) is 24.3 Å². The van der Waals surface area contributed by atoms with Gasteiger partial charge in [0.1, 0.15) is 0 Å². The summed E-state index contributed by atoms with van der Waals surface area (Å²) >= 11 is -3.14. The van der Waals surface area contributed by atoms with Crippen molar-refractivity contribution >= 4 is 17.1 Å². The lowest BCUT2D eigenvalue weighted by Gasteiger charge is -2.10. The van der Waals surface area contributed by atoms with Crippen molar-refractivity contribution in [3.63, 3.8) is 0 Å². The number of rotatable bonds is 3. The quantitative estimate of drug-likeness (QED) is 0.478. The van der Waals surface area contributed by atoms with Crippen molar-refractivity contribution < 1.29 is 26.2 Å². The minimum absolute atomic E-state index is 0.270. The second-order valence-corrected chi connectivity index (χ2v) is 3.64. The number of alkyl halides is 3. The lowest BCUT2D eigenvalue weighted by Crippen LogP contribution is -2.24. The van der Waals surface area contributed by atoms with Gasteiger partial charge in [-0.2, -0.15) is 13.2 Å². The predicted molar refractivity (Wildman–Crippen MR) is 53.8 cm³/mol. The first-order valence-corrected chi connectivity index (χ1v) is 5.29. The van der Waals surface area contributed by atoms with Crippen molar-refractivity contribution in [1.82, 2.24) is 0 Å². The maximum atomic E-state index is 12.5. The second kappa shape index (κ2) is 5.28. The highest BCUT2D eigenvalue weighted by atomic mass is 32.2. The van der Waals surface area contributed by atoms with Crippen molar-refractivity contribution in [3.05, 3.63) is 35.4 Å². The Balaban J connectivity index is 3.11. The molecule has 0 heterocycles. The van der Waals surface area contributed by atoms with Gasteiger partial charge in [0.25, 0.3) is 0 Å². The van der Waals surface area contributed by atoms with Crippen LogP contribution in [0.1, 0.15) is 11.1 Å². The Morgan fingerprint density at radius 3 is 2.29 bits per heavy atom. The topological polar surface area (TPSA) is 61.7 Å². The number of nitrogens with zero attached hydrogens (tertiary/aromatic N) is 1. The molecule has 94 valence electrons. The molecule has 0 N–H and O–H groups in total. The van der Waals surface area contributed by atoms with E-state index in [0.29, 0.717) is 0 Å². The Labute approximate surface area is 97.6 Å². The third kappa shape index (κ3) is 4.16. The molecule has 0 bridgehead atoms. The Bertz CT molecular complexity index is 442. The average Bonchev–Trinajstić information content (AvgIpc) is 2.18. The third-order valence-corrected chi connectivity index (χ3v) is 1.98. The van der Waals surface area contributed by atoms with Gasteiger partial charge < -0.3 is 8.84 Å². The highest BCUT2D eigenvalue weighted by Gasteiger charge is 2.37. The van der Waals surface area contributed by atoms with Crippen LogP contribution < -0.4 is 0 Å². The zero-order chi connectivity index (χ0) is 13.1. The summed E-state index contributed by atoms with van der Waals surface area (Å²) in [5.74, 6) is 0. The van der Waals surface area contributed by atoms with E-state index in [0.717, 1.165) is 5.56 Å². The van der Waals surface area contributed by atoms with Crippen molar-refractivity contribution in [2.75, 3.05) is 0 Å². The van der Waals surface area contributed by atoms with Gasteiger partial charge in [-0.3, -0.25) is 0 Å². The first-order valence-electron chi connectivity index (χ1n) is 4.29. The van der Waals surface area contributed by atoms with Crippen LogP contribution >= 0.6 is 0 Å². The predicted octanol–water partition coefficient (Wildman–Crippen LogP) is 2.07. The first-order chi connectivity index (χ1) is 7.80. The van der Waals surface area contributed by atoms with Crippen LogP contribution in [0.5, 0.6) is 0 Å². The summed E-state index contributed by atoms with van der Waals surface area (Å²) in [6, 6.07) is 5.26.